The van der Waals surface area contributed by atoms with E-state index < -0.39 is 9.05 Å². The third kappa shape index (κ3) is 19.8. The monoisotopic (exact) mass is 258 g/mol. The first-order valence-electron chi connectivity index (χ1n) is 3.81. The molecule has 0 aromatic rings. The van der Waals surface area contributed by atoms with E-state index in [1.165, 1.54) is 0 Å². The van der Waals surface area contributed by atoms with E-state index in [1.54, 1.807) is 0 Å². The number of unbranched alkanes of at least 4 members (excludes halogenated alkanes) is 2. The van der Waals surface area contributed by atoms with Crippen molar-refractivity contribution in [3.63, 3.8) is 0 Å². The van der Waals surface area contributed by atoms with Gasteiger partial charge in [-0.05, 0) is 26.4 Å². The third-order valence-corrected chi connectivity index (χ3v) is 3.41. The molecule has 0 rings (SSSR count). The van der Waals surface area contributed by atoms with E-state index in [1.807, 2.05) is 7.05 Å². The number of hydrogen-bond acceptors (Lipinski definition) is 4. The van der Waals surface area contributed by atoms with E-state index in [0.29, 0.717) is 16.1 Å². The van der Waals surface area contributed by atoms with Crippen LogP contribution in [0.15, 0.2) is 0 Å². The molecule has 8 heteroatoms. The van der Waals surface area contributed by atoms with Crippen LogP contribution in [0.3, 0.4) is 0 Å². The van der Waals surface area contributed by atoms with Crippen molar-refractivity contribution in [3.8, 4) is 0 Å². The second kappa shape index (κ2) is 13.3. The summed E-state index contributed by atoms with van der Waals surface area (Å²) in [6.45, 7) is 0.939. The Morgan fingerprint density at radius 1 is 1.21 bits per heavy atom. The van der Waals surface area contributed by atoms with Crippen molar-refractivity contribution in [2.75, 3.05) is 19.3 Å². The predicted molar refractivity (Wildman–Crippen MR) is 49.7 cm³/mol. The molecular weight excluding hydrogens is 244 g/mol. The summed E-state index contributed by atoms with van der Waals surface area (Å²) in [6.07, 6.45) is 2.77. The van der Waals surface area contributed by atoms with Gasteiger partial charge in [-0.3, -0.25) is 0 Å². The van der Waals surface area contributed by atoms with E-state index in [4.69, 9.17) is 0 Å². The molecule has 0 aliphatic rings. The van der Waals surface area contributed by atoms with Crippen molar-refractivity contribution in [2.24, 2.45) is 0 Å². The van der Waals surface area contributed by atoms with Crippen molar-refractivity contribution < 1.29 is 72.4 Å². The Balaban J connectivity index is -0.000000605. The fourth-order valence-corrected chi connectivity index (χ4v) is 2.23. The maximum atomic E-state index is 10.1. The van der Waals surface area contributed by atoms with Gasteiger partial charge in [-0.15, -0.1) is 0 Å². The molecule has 14 heavy (non-hydrogen) atoms. The van der Waals surface area contributed by atoms with Gasteiger partial charge in [0.1, 0.15) is 0 Å². The molecule has 0 radical (unpaired) electrons. The Bertz CT molecular complexity index is 211. The van der Waals surface area contributed by atoms with Crippen molar-refractivity contribution in [1.29, 1.82) is 0 Å². The van der Waals surface area contributed by atoms with Crippen LogP contribution in [0, 0.1) is 0 Å². The summed E-state index contributed by atoms with van der Waals surface area (Å²) in [5.41, 5.74) is 0. The predicted octanol–water partition coefficient (Wildman–Crippen LogP) is -6.07. The Morgan fingerprint density at radius 2 is 1.79 bits per heavy atom. The second-order valence-electron chi connectivity index (χ2n) is 2.39. The number of nitrogens with one attached hydrogen (secondary N) is 1. The van der Waals surface area contributed by atoms with Gasteiger partial charge in [0.15, 0.2) is 5.75 Å². The van der Waals surface area contributed by atoms with Crippen LogP contribution in [-0.4, -0.2) is 32.7 Å². The van der Waals surface area contributed by atoms with Gasteiger partial charge in [0.05, 0.1) is 9.05 Å². The first-order chi connectivity index (χ1) is 5.56. The summed E-state index contributed by atoms with van der Waals surface area (Å²) in [7, 11) is -1.71. The van der Waals surface area contributed by atoms with Crippen LogP contribution in [0.2, 0.25) is 0 Å². The molecule has 0 fully saturated rings. The standard InChI is InChI=1S/C6H15NO3S2.2Na/c1-7-5-3-2-4-6-11-12(8,9)10;;/h7H,2-6H2,1H3,(H-,8,9,10);;/q;2*+1/p-1. The van der Waals surface area contributed by atoms with Crippen LogP contribution in [0.4, 0.5) is 0 Å². The average Bonchev–Trinajstić information content (AvgIpc) is 1.94. The van der Waals surface area contributed by atoms with Crippen LogP contribution < -0.4 is 64.4 Å². The third-order valence-electron chi connectivity index (χ3n) is 1.30. The Hall–Kier alpha value is 2.25. The molecule has 0 bridgehead atoms. The minimum atomic E-state index is -4.07. The van der Waals surface area contributed by atoms with Crippen LogP contribution >= 0.6 is 0 Å². The van der Waals surface area contributed by atoms with Gasteiger partial charge >= 0.3 is 59.1 Å². The van der Waals surface area contributed by atoms with Crippen LogP contribution in [-0.2, 0) is 19.4 Å². The molecule has 0 atom stereocenters. The van der Waals surface area contributed by atoms with E-state index >= 15 is 0 Å². The molecule has 0 amide bonds. The SMILES string of the molecule is CNCCCCC[S+]=S(=O)([O-])[O-].[Na+].[Na+]. The van der Waals surface area contributed by atoms with Crippen LogP contribution in [0.1, 0.15) is 19.3 Å². The molecule has 0 saturated heterocycles. The fourth-order valence-electron chi connectivity index (χ4n) is 0.742. The summed E-state index contributed by atoms with van der Waals surface area (Å²) in [5.74, 6) is 0.412. The van der Waals surface area contributed by atoms with Crippen LogP contribution in [0.5, 0.6) is 0 Å². The first-order valence-corrected chi connectivity index (χ1v) is 6.72. The van der Waals surface area contributed by atoms with Crippen LogP contribution in [0.25, 0.3) is 0 Å². The molecule has 0 aromatic heterocycles. The summed E-state index contributed by atoms with van der Waals surface area (Å²) < 4.78 is 30.3. The zero-order valence-corrected chi connectivity index (χ0v) is 14.7. The number of rotatable bonds is 6. The molecule has 0 heterocycles. The molecule has 4 nitrogen and oxygen atoms in total. The number of hydrogen-bond donors (Lipinski definition) is 1. The van der Waals surface area contributed by atoms with Crippen molar-refractivity contribution in [2.45, 2.75) is 19.3 Å². The normalized spacial score (nSPS) is 9.93. The van der Waals surface area contributed by atoms with Gasteiger partial charge in [0.25, 0.3) is 0 Å². The van der Waals surface area contributed by atoms with E-state index in [-0.39, 0.29) is 59.1 Å². The Labute approximate surface area is 134 Å². The van der Waals surface area contributed by atoms with Crippen molar-refractivity contribution in [1.82, 2.24) is 5.32 Å². The largest absolute Gasteiger partial charge is 1.00 e. The molecule has 0 unspecified atom stereocenters. The minimum absolute atomic E-state index is 0. The van der Waals surface area contributed by atoms with Gasteiger partial charge < -0.3 is 14.4 Å². The van der Waals surface area contributed by atoms with Crippen molar-refractivity contribution in [3.05, 3.63) is 0 Å². The molecule has 0 aromatic carbocycles. The zero-order chi connectivity index (χ0) is 9.45. The van der Waals surface area contributed by atoms with Gasteiger partial charge in [0, 0.05) is 6.42 Å². The molecule has 0 aliphatic heterocycles. The fraction of sp³-hybridized carbons (Fsp3) is 1.00. The summed E-state index contributed by atoms with van der Waals surface area (Å²) in [5, 5.41) is 2.99. The maximum Gasteiger partial charge on any atom is 1.00 e. The maximum absolute atomic E-state index is 10.1. The summed E-state index contributed by atoms with van der Waals surface area (Å²) >= 11 is 0. The summed E-state index contributed by atoms with van der Waals surface area (Å²) in [4.78, 5) is 0. The molecule has 0 aliphatic carbocycles. The van der Waals surface area contributed by atoms with Gasteiger partial charge in [-0.25, -0.2) is 4.21 Å². The molecule has 74 valence electrons. The second-order valence-corrected chi connectivity index (χ2v) is 5.79. The quantitative estimate of drug-likeness (QED) is 0.292. The zero-order valence-electron chi connectivity index (χ0n) is 9.08. The van der Waals surface area contributed by atoms with Crippen molar-refractivity contribution >= 4 is 19.4 Å². The average molecular weight is 258 g/mol. The summed E-state index contributed by atoms with van der Waals surface area (Å²) in [6, 6.07) is 0. The van der Waals surface area contributed by atoms with Gasteiger partial charge in [-0.1, -0.05) is 0 Å². The van der Waals surface area contributed by atoms with E-state index in [9.17, 15) is 13.3 Å². The first kappa shape index (κ1) is 21.5. The Kier molecular flexibility index (Phi) is 20.5. The molecule has 0 saturated carbocycles. The Morgan fingerprint density at radius 3 is 2.21 bits per heavy atom. The smallest absolute Gasteiger partial charge is 0.746 e. The van der Waals surface area contributed by atoms with E-state index in [0.717, 1.165) is 25.8 Å². The van der Waals surface area contributed by atoms with Gasteiger partial charge in [-0.2, -0.15) is 0 Å². The molecule has 1 N–H and O–H groups in total. The minimum Gasteiger partial charge on any atom is -0.746 e. The topological polar surface area (TPSA) is 75.2 Å². The molecular formula is C6H14NNa2O3S2+. The molecule has 0 spiro atoms. The van der Waals surface area contributed by atoms with E-state index in [2.05, 4.69) is 5.32 Å². The van der Waals surface area contributed by atoms with Gasteiger partial charge in [0.2, 0.25) is 10.3 Å².